The molecule has 1 aromatic heterocycles. The highest BCUT2D eigenvalue weighted by molar-refractivity contribution is 7.99. The molecule has 4 nitrogen and oxygen atoms in total. The third-order valence-corrected chi connectivity index (χ3v) is 10.6. The summed E-state index contributed by atoms with van der Waals surface area (Å²) < 4.78 is 0. The Morgan fingerprint density at radius 3 is 1.94 bits per heavy atom. The Balaban J connectivity index is 0.000000218. The third-order valence-electron chi connectivity index (χ3n) is 9.29. The molecule has 2 fully saturated rings. The fourth-order valence-electron chi connectivity index (χ4n) is 6.35. The van der Waals surface area contributed by atoms with Crippen LogP contribution < -0.4 is 4.90 Å². The molecule has 0 bridgehead atoms. The molecule has 0 radical (unpaired) electrons. The zero-order chi connectivity index (χ0) is 35.6. The van der Waals surface area contributed by atoms with E-state index in [0.717, 1.165) is 63.1 Å². The molecule has 2 aliphatic rings. The van der Waals surface area contributed by atoms with Crippen LogP contribution in [0.15, 0.2) is 77.7 Å². The molecule has 0 aliphatic heterocycles. The molecule has 0 saturated heterocycles. The van der Waals surface area contributed by atoms with Gasteiger partial charge in [0.05, 0.1) is 11.6 Å². The summed E-state index contributed by atoms with van der Waals surface area (Å²) in [5, 5.41) is 12.3. The monoisotopic (exact) mass is 703 g/mol. The first-order valence-electron chi connectivity index (χ1n) is 18.7. The van der Waals surface area contributed by atoms with Gasteiger partial charge in [-0.05, 0) is 91.5 Å². The van der Waals surface area contributed by atoms with Gasteiger partial charge in [0.25, 0.3) is 0 Å². The minimum atomic E-state index is -0.384. The Bertz CT molecular complexity index is 1450. The quantitative estimate of drug-likeness (QED) is 0.194. The van der Waals surface area contributed by atoms with Crippen LogP contribution in [0.25, 0.3) is 10.9 Å². The molecule has 6 rings (SSSR count). The second-order valence-corrected chi connectivity index (χ2v) is 15.8. The number of rotatable bonds is 7. The van der Waals surface area contributed by atoms with Crippen molar-refractivity contribution in [3.8, 4) is 0 Å². The molecule has 268 valence electrons. The van der Waals surface area contributed by atoms with Crippen LogP contribution in [0.3, 0.4) is 0 Å². The van der Waals surface area contributed by atoms with E-state index < -0.39 is 0 Å². The largest absolute Gasteiger partial charge is 0.388 e. The van der Waals surface area contributed by atoms with E-state index in [0.29, 0.717) is 0 Å². The van der Waals surface area contributed by atoms with Gasteiger partial charge in [0.1, 0.15) is 11.6 Å². The van der Waals surface area contributed by atoms with Crippen molar-refractivity contribution >= 4 is 40.1 Å². The number of benzene rings is 3. The van der Waals surface area contributed by atoms with Crippen molar-refractivity contribution in [3.05, 3.63) is 94.8 Å². The number of hydrogen-bond donors (Lipinski definition) is 1. The number of aliphatic hydroxyl groups is 1. The molecule has 1 N–H and O–H groups in total. The number of nitrogens with zero attached hydrogens (tertiary/aromatic N) is 3. The maximum absolute atomic E-state index is 10.4. The summed E-state index contributed by atoms with van der Waals surface area (Å²) in [5.74, 6) is 5.45. The van der Waals surface area contributed by atoms with Gasteiger partial charge in [-0.1, -0.05) is 127 Å². The van der Waals surface area contributed by atoms with Gasteiger partial charge in [-0.2, -0.15) is 0 Å². The Morgan fingerprint density at radius 2 is 1.37 bits per heavy atom. The summed E-state index contributed by atoms with van der Waals surface area (Å²) in [6, 6.07) is 24.6. The fourth-order valence-corrected chi connectivity index (χ4v) is 7.38. The van der Waals surface area contributed by atoms with Gasteiger partial charge in [-0.3, -0.25) is 0 Å². The summed E-state index contributed by atoms with van der Waals surface area (Å²) in [6.45, 7) is 10.9. The van der Waals surface area contributed by atoms with Gasteiger partial charge >= 0.3 is 0 Å². The van der Waals surface area contributed by atoms with Gasteiger partial charge in [-0.25, -0.2) is 9.97 Å². The molecular formula is C43H62ClN3OS. The van der Waals surface area contributed by atoms with Crippen LogP contribution in [0.1, 0.15) is 127 Å². The van der Waals surface area contributed by atoms with Crippen molar-refractivity contribution in [2.45, 2.75) is 122 Å². The lowest BCUT2D eigenvalue weighted by Crippen LogP contribution is -2.12. The first-order valence-corrected chi connectivity index (χ1v) is 20.0. The summed E-state index contributed by atoms with van der Waals surface area (Å²) in [7, 11) is 3.99. The Labute approximate surface area is 307 Å². The molecule has 2 aliphatic carbocycles. The number of thioether (sulfide) groups is 1. The molecule has 3 aromatic carbocycles. The Kier molecular flexibility index (Phi) is 18.6. The van der Waals surface area contributed by atoms with Gasteiger partial charge in [0.2, 0.25) is 0 Å². The van der Waals surface area contributed by atoms with Crippen LogP contribution in [-0.4, -0.2) is 34.9 Å². The average molecular weight is 705 g/mol. The highest BCUT2D eigenvalue weighted by Crippen LogP contribution is 2.33. The first kappa shape index (κ1) is 40.8. The minimum absolute atomic E-state index is 0.384. The number of fused-ring (bicyclic) bond motifs is 1. The van der Waals surface area contributed by atoms with Gasteiger partial charge in [-0.15, -0.1) is 11.8 Å². The zero-order valence-corrected chi connectivity index (χ0v) is 32.9. The van der Waals surface area contributed by atoms with Crippen LogP contribution in [0.5, 0.6) is 0 Å². The number of anilines is 1. The third kappa shape index (κ3) is 14.7. The normalized spacial score (nSPS) is 18.1. The van der Waals surface area contributed by atoms with Gasteiger partial charge in [0, 0.05) is 35.2 Å². The summed E-state index contributed by atoms with van der Waals surface area (Å²) in [6.07, 6.45) is 14.3. The van der Waals surface area contributed by atoms with Gasteiger partial charge in [0.15, 0.2) is 0 Å². The Hall–Kier alpha value is -2.60. The molecule has 49 heavy (non-hydrogen) atoms. The first-order chi connectivity index (χ1) is 23.6. The van der Waals surface area contributed by atoms with E-state index >= 15 is 0 Å². The summed E-state index contributed by atoms with van der Waals surface area (Å²) >= 11 is 7.66. The fraction of sp³-hybridized carbons (Fsp3) is 0.535. The van der Waals surface area contributed by atoms with Crippen LogP contribution >= 0.6 is 23.4 Å². The molecule has 1 unspecified atom stereocenters. The highest BCUT2D eigenvalue weighted by Gasteiger charge is 2.16. The molecular weight excluding hydrogens is 642 g/mol. The van der Waals surface area contributed by atoms with Crippen molar-refractivity contribution < 1.29 is 5.11 Å². The maximum atomic E-state index is 10.4. The lowest BCUT2D eigenvalue weighted by molar-refractivity contribution is 0.175. The molecule has 0 spiro atoms. The van der Waals surface area contributed by atoms with E-state index in [9.17, 15) is 5.11 Å². The predicted molar refractivity (Wildman–Crippen MR) is 215 cm³/mol. The van der Waals surface area contributed by atoms with Crippen LogP contribution in [-0.2, 0) is 0 Å². The number of halogens is 1. The number of para-hydroxylation sites is 1. The lowest BCUT2D eigenvalue weighted by Gasteiger charge is -2.22. The van der Waals surface area contributed by atoms with E-state index in [2.05, 4.69) is 61.9 Å². The highest BCUT2D eigenvalue weighted by atomic mass is 35.5. The average Bonchev–Trinajstić information content (AvgIpc) is 3.11. The number of hydrogen-bond acceptors (Lipinski definition) is 5. The van der Waals surface area contributed by atoms with Crippen LogP contribution in [0, 0.1) is 18.8 Å². The topological polar surface area (TPSA) is 49.2 Å². The molecule has 6 heteroatoms. The molecule has 0 amide bonds. The molecule has 1 heterocycles. The lowest BCUT2D eigenvalue weighted by atomic mass is 9.84. The zero-order valence-electron chi connectivity index (χ0n) is 31.3. The van der Waals surface area contributed by atoms with Crippen molar-refractivity contribution in [2.24, 2.45) is 11.8 Å². The SMILES string of the molecule is CC1CCC(C)CC1.CCC.Cc1nc(N(C)C)c2ccccc2n1.OC(CCSc1ccc(Cl)cc1)c1ccc(C2CCCCC2)cc1. The number of aryl methyl sites for hydroxylation is 1. The van der Waals surface area contributed by atoms with Crippen molar-refractivity contribution in [3.63, 3.8) is 0 Å². The summed E-state index contributed by atoms with van der Waals surface area (Å²) in [4.78, 5) is 12.0. The van der Waals surface area contributed by atoms with E-state index in [4.69, 9.17) is 11.6 Å². The standard InChI is InChI=1S/C21H25ClOS.C11H13N3.C8H16.C3H8/c22-19-10-12-20(13-11-19)24-15-14-21(23)18-8-6-17(7-9-18)16-4-2-1-3-5-16;1-8-12-10-7-5-4-6-9(10)11(13-8)14(2)3;1-7-3-5-8(2)6-4-7;1-3-2/h6-13,16,21,23H,1-5,14-15H2;4-7H,1-3H3;7-8H,3-6H2,1-2H3;3H2,1-2H3. The van der Waals surface area contributed by atoms with E-state index in [1.54, 1.807) is 11.8 Å². The minimum Gasteiger partial charge on any atom is -0.388 e. The van der Waals surface area contributed by atoms with E-state index in [1.807, 2.05) is 74.4 Å². The Morgan fingerprint density at radius 1 is 0.796 bits per heavy atom. The molecule has 2 saturated carbocycles. The second kappa shape index (κ2) is 22.3. The van der Waals surface area contributed by atoms with Crippen LogP contribution in [0.4, 0.5) is 5.82 Å². The van der Waals surface area contributed by atoms with E-state index in [1.165, 1.54) is 74.7 Å². The molecule has 1 atom stereocenters. The van der Waals surface area contributed by atoms with E-state index in [-0.39, 0.29) is 6.10 Å². The number of aromatic nitrogens is 2. The van der Waals surface area contributed by atoms with Crippen molar-refractivity contribution in [2.75, 3.05) is 24.7 Å². The maximum Gasteiger partial charge on any atom is 0.139 e. The van der Waals surface area contributed by atoms with Crippen LogP contribution in [0.2, 0.25) is 5.02 Å². The predicted octanol–water partition coefficient (Wildman–Crippen LogP) is 12.9. The van der Waals surface area contributed by atoms with Crippen molar-refractivity contribution in [1.82, 2.24) is 9.97 Å². The second-order valence-electron chi connectivity index (χ2n) is 14.2. The smallest absolute Gasteiger partial charge is 0.139 e. The van der Waals surface area contributed by atoms with Crippen molar-refractivity contribution in [1.29, 1.82) is 0 Å². The summed E-state index contributed by atoms with van der Waals surface area (Å²) in [5.41, 5.74) is 3.48. The number of aliphatic hydroxyl groups excluding tert-OH is 1. The molecule has 4 aromatic rings. The van der Waals surface area contributed by atoms with Gasteiger partial charge < -0.3 is 10.0 Å².